The zero-order valence-electron chi connectivity index (χ0n) is 5.82. The highest BCUT2D eigenvalue weighted by atomic mass is 79.9. The second-order valence-corrected chi connectivity index (χ2v) is 2.87. The molecule has 0 atom stereocenters. The van der Waals surface area contributed by atoms with Gasteiger partial charge < -0.3 is 11.5 Å². The summed E-state index contributed by atoms with van der Waals surface area (Å²) in [6.07, 6.45) is 1.32. The van der Waals surface area contributed by atoms with E-state index in [0.717, 1.165) is 0 Å². The molecule has 12 heavy (non-hydrogen) atoms. The molecule has 0 saturated heterocycles. The number of nitro groups is 1. The van der Waals surface area contributed by atoms with Crippen molar-refractivity contribution in [2.75, 3.05) is 11.5 Å². The van der Waals surface area contributed by atoms with Crippen LogP contribution >= 0.6 is 15.9 Å². The Kier molecular flexibility index (Phi) is 2.13. The van der Waals surface area contributed by atoms with E-state index in [4.69, 9.17) is 11.5 Å². The number of pyridine rings is 1. The lowest BCUT2D eigenvalue weighted by molar-refractivity contribution is -0.383. The Hall–Kier alpha value is -1.37. The molecule has 0 aliphatic rings. The van der Waals surface area contributed by atoms with E-state index in [1.54, 1.807) is 0 Å². The third kappa shape index (κ3) is 1.30. The number of hydrogen-bond donors (Lipinski definition) is 2. The van der Waals surface area contributed by atoms with Gasteiger partial charge in [0.15, 0.2) is 0 Å². The molecule has 1 aromatic heterocycles. The number of rotatable bonds is 1. The third-order valence-corrected chi connectivity index (χ3v) is 1.89. The Morgan fingerprint density at radius 2 is 2.17 bits per heavy atom. The second-order valence-electron chi connectivity index (χ2n) is 2.01. The maximum absolute atomic E-state index is 10.4. The lowest BCUT2D eigenvalue weighted by Crippen LogP contribution is -2.03. The predicted molar refractivity (Wildman–Crippen MR) is 47.4 cm³/mol. The quantitative estimate of drug-likeness (QED) is 0.553. The van der Waals surface area contributed by atoms with Crippen molar-refractivity contribution in [2.24, 2.45) is 0 Å². The smallest absolute Gasteiger partial charge is 0.334 e. The minimum absolute atomic E-state index is 0.00694. The van der Waals surface area contributed by atoms with Gasteiger partial charge in [0, 0.05) is 6.20 Å². The van der Waals surface area contributed by atoms with Crippen LogP contribution in [0.2, 0.25) is 0 Å². The Morgan fingerprint density at radius 3 is 2.58 bits per heavy atom. The standard InChI is InChI=1S/C5H5BrN4O2/c6-2-1-9-5(8)4(3(2)7)10(11)12/h1H,(H4,7,8,9). The number of aromatic nitrogens is 1. The molecule has 1 heterocycles. The average molecular weight is 233 g/mol. The van der Waals surface area contributed by atoms with Gasteiger partial charge in [0.05, 0.1) is 9.40 Å². The van der Waals surface area contributed by atoms with E-state index in [9.17, 15) is 10.1 Å². The predicted octanol–water partition coefficient (Wildman–Crippen LogP) is 0.917. The number of nitrogens with two attached hydrogens (primary N) is 2. The van der Waals surface area contributed by atoms with Crippen molar-refractivity contribution < 1.29 is 4.92 Å². The zero-order valence-corrected chi connectivity index (χ0v) is 7.41. The molecule has 1 rings (SSSR count). The molecule has 0 aromatic carbocycles. The molecular weight excluding hydrogens is 228 g/mol. The fourth-order valence-electron chi connectivity index (χ4n) is 0.700. The Labute approximate surface area is 75.9 Å². The largest absolute Gasteiger partial charge is 0.392 e. The monoisotopic (exact) mass is 232 g/mol. The average Bonchev–Trinajstić information content (AvgIpc) is 1.97. The molecule has 0 fully saturated rings. The van der Waals surface area contributed by atoms with Gasteiger partial charge in [-0.15, -0.1) is 0 Å². The highest BCUT2D eigenvalue weighted by molar-refractivity contribution is 9.10. The van der Waals surface area contributed by atoms with Crippen LogP contribution in [-0.2, 0) is 0 Å². The number of nitrogens with zero attached hydrogens (tertiary/aromatic N) is 2. The molecule has 64 valence electrons. The van der Waals surface area contributed by atoms with Crippen LogP contribution < -0.4 is 11.5 Å². The zero-order chi connectivity index (χ0) is 9.30. The molecule has 0 spiro atoms. The van der Waals surface area contributed by atoms with Crippen molar-refractivity contribution in [1.29, 1.82) is 0 Å². The number of hydrogen-bond acceptors (Lipinski definition) is 5. The Bertz CT molecular complexity index is 340. The van der Waals surface area contributed by atoms with Crippen molar-refractivity contribution in [2.45, 2.75) is 0 Å². The van der Waals surface area contributed by atoms with E-state index in [2.05, 4.69) is 20.9 Å². The second kappa shape index (κ2) is 2.94. The summed E-state index contributed by atoms with van der Waals surface area (Å²) in [5.74, 6) is -0.180. The molecule has 6 nitrogen and oxygen atoms in total. The van der Waals surface area contributed by atoms with Gasteiger partial charge in [-0.1, -0.05) is 0 Å². The van der Waals surface area contributed by atoms with Gasteiger partial charge >= 0.3 is 5.69 Å². The first kappa shape index (κ1) is 8.72. The van der Waals surface area contributed by atoms with Crippen LogP contribution in [0.15, 0.2) is 10.7 Å². The van der Waals surface area contributed by atoms with E-state index in [-0.39, 0.29) is 17.2 Å². The van der Waals surface area contributed by atoms with Crippen LogP contribution in [0.3, 0.4) is 0 Å². The molecule has 1 aromatic rings. The van der Waals surface area contributed by atoms with Crippen LogP contribution in [-0.4, -0.2) is 9.91 Å². The summed E-state index contributed by atoms with van der Waals surface area (Å²) in [5, 5.41) is 10.4. The first-order valence-electron chi connectivity index (χ1n) is 2.88. The summed E-state index contributed by atoms with van der Waals surface area (Å²) in [6.45, 7) is 0. The van der Waals surface area contributed by atoms with Crippen molar-refractivity contribution in [1.82, 2.24) is 4.98 Å². The van der Waals surface area contributed by atoms with Crippen molar-refractivity contribution in [3.05, 3.63) is 20.8 Å². The van der Waals surface area contributed by atoms with Crippen LogP contribution in [0.4, 0.5) is 17.2 Å². The van der Waals surface area contributed by atoms with Crippen molar-refractivity contribution >= 4 is 33.1 Å². The summed E-state index contributed by atoms with van der Waals surface area (Å²) in [7, 11) is 0. The van der Waals surface area contributed by atoms with Gasteiger partial charge in [-0.3, -0.25) is 10.1 Å². The number of halogens is 1. The van der Waals surface area contributed by atoms with Gasteiger partial charge in [0.1, 0.15) is 5.69 Å². The summed E-state index contributed by atoms with van der Waals surface area (Å²) >= 11 is 3.00. The van der Waals surface area contributed by atoms with Gasteiger partial charge in [-0.05, 0) is 15.9 Å². The van der Waals surface area contributed by atoms with Crippen molar-refractivity contribution in [3.63, 3.8) is 0 Å². The summed E-state index contributed by atoms with van der Waals surface area (Å²) < 4.78 is 0.364. The summed E-state index contributed by atoms with van der Waals surface area (Å²) in [6, 6.07) is 0. The van der Waals surface area contributed by atoms with Gasteiger partial charge in [0.25, 0.3) is 0 Å². The van der Waals surface area contributed by atoms with E-state index in [1.807, 2.05) is 0 Å². The minimum Gasteiger partial charge on any atom is -0.392 e. The lowest BCUT2D eigenvalue weighted by atomic mass is 10.3. The highest BCUT2D eigenvalue weighted by Gasteiger charge is 2.19. The third-order valence-electron chi connectivity index (χ3n) is 1.25. The first-order chi connectivity index (χ1) is 5.54. The summed E-state index contributed by atoms with van der Waals surface area (Å²) in [5.41, 5.74) is 10.2. The molecule has 0 saturated carbocycles. The molecule has 0 unspecified atom stereocenters. The van der Waals surface area contributed by atoms with Gasteiger partial charge in [0.2, 0.25) is 5.82 Å². The van der Waals surface area contributed by atoms with E-state index >= 15 is 0 Å². The highest BCUT2D eigenvalue weighted by Crippen LogP contribution is 2.32. The molecule has 0 bridgehead atoms. The Balaban J connectivity index is 3.43. The molecule has 0 aliphatic carbocycles. The van der Waals surface area contributed by atoms with Gasteiger partial charge in [-0.25, -0.2) is 4.98 Å². The van der Waals surface area contributed by atoms with E-state index in [1.165, 1.54) is 6.20 Å². The number of anilines is 2. The van der Waals surface area contributed by atoms with Crippen molar-refractivity contribution in [3.8, 4) is 0 Å². The lowest BCUT2D eigenvalue weighted by Gasteiger charge is -2.00. The normalized spacial score (nSPS) is 9.75. The van der Waals surface area contributed by atoms with Crippen LogP contribution in [0.5, 0.6) is 0 Å². The van der Waals surface area contributed by atoms with Crippen LogP contribution in [0, 0.1) is 10.1 Å². The van der Waals surface area contributed by atoms with E-state index in [0.29, 0.717) is 4.47 Å². The molecule has 0 aliphatic heterocycles. The first-order valence-corrected chi connectivity index (χ1v) is 3.67. The minimum atomic E-state index is -0.664. The fourth-order valence-corrected chi connectivity index (χ4v) is 0.990. The molecular formula is C5H5BrN4O2. The molecule has 7 heteroatoms. The molecule has 0 radical (unpaired) electrons. The topological polar surface area (TPSA) is 108 Å². The van der Waals surface area contributed by atoms with Crippen LogP contribution in [0.25, 0.3) is 0 Å². The Morgan fingerprint density at radius 1 is 1.58 bits per heavy atom. The number of nitrogen functional groups attached to an aromatic ring is 2. The summed E-state index contributed by atoms with van der Waals surface area (Å²) in [4.78, 5) is 13.3. The fraction of sp³-hybridized carbons (Fsp3) is 0. The maximum atomic E-state index is 10.4. The van der Waals surface area contributed by atoms with E-state index < -0.39 is 4.92 Å². The van der Waals surface area contributed by atoms with Crippen LogP contribution in [0.1, 0.15) is 0 Å². The molecule has 4 N–H and O–H groups in total. The molecule has 0 amide bonds. The maximum Gasteiger partial charge on any atom is 0.334 e. The SMILES string of the molecule is Nc1ncc(Br)c(N)c1[N+](=O)[O-]. The van der Waals surface area contributed by atoms with Gasteiger partial charge in [-0.2, -0.15) is 0 Å².